The van der Waals surface area contributed by atoms with E-state index in [1.54, 1.807) is 12.4 Å². The number of aromatic nitrogens is 2. The molecule has 5 heteroatoms. The number of hydrogen-bond acceptors (Lipinski definition) is 3. The van der Waals surface area contributed by atoms with Gasteiger partial charge in [-0.15, -0.1) is 0 Å². The summed E-state index contributed by atoms with van der Waals surface area (Å²) in [6.45, 7) is 3.98. The van der Waals surface area contributed by atoms with Gasteiger partial charge in [-0.3, -0.25) is 4.79 Å². The van der Waals surface area contributed by atoms with Gasteiger partial charge >= 0.3 is 5.97 Å². The van der Waals surface area contributed by atoms with Crippen molar-refractivity contribution in [1.82, 2.24) is 9.97 Å². The number of halogens is 1. The van der Waals surface area contributed by atoms with Gasteiger partial charge in [0.15, 0.2) is 0 Å². The SMILES string of the molecule is CC(C)CC(C(=O)O)c1ncc(I)cn1. The number of carboxylic acids is 1. The number of rotatable bonds is 4. The van der Waals surface area contributed by atoms with Gasteiger partial charge in [0.05, 0.1) is 0 Å². The molecule has 1 unspecified atom stereocenters. The molecule has 0 fully saturated rings. The molecule has 1 rings (SSSR count). The first-order valence-electron chi connectivity index (χ1n) is 4.71. The zero-order valence-corrected chi connectivity index (χ0v) is 10.8. The Balaban J connectivity index is 2.89. The van der Waals surface area contributed by atoms with Crippen molar-refractivity contribution in [2.24, 2.45) is 5.92 Å². The molecule has 0 aromatic carbocycles. The first-order valence-corrected chi connectivity index (χ1v) is 5.78. The van der Waals surface area contributed by atoms with E-state index in [9.17, 15) is 4.79 Å². The van der Waals surface area contributed by atoms with Crippen LogP contribution in [-0.2, 0) is 4.79 Å². The van der Waals surface area contributed by atoms with Crippen molar-refractivity contribution in [2.45, 2.75) is 26.2 Å². The summed E-state index contributed by atoms with van der Waals surface area (Å²) in [5.74, 6) is -0.738. The lowest BCUT2D eigenvalue weighted by atomic mass is 9.96. The average molecular weight is 320 g/mol. The monoisotopic (exact) mass is 320 g/mol. The topological polar surface area (TPSA) is 63.1 Å². The predicted molar refractivity (Wildman–Crippen MR) is 64.6 cm³/mol. The van der Waals surface area contributed by atoms with Crippen molar-refractivity contribution in [3.63, 3.8) is 0 Å². The van der Waals surface area contributed by atoms with Gasteiger partial charge in [0.25, 0.3) is 0 Å². The molecule has 15 heavy (non-hydrogen) atoms. The van der Waals surface area contributed by atoms with Crippen LogP contribution in [0.2, 0.25) is 0 Å². The lowest BCUT2D eigenvalue weighted by molar-refractivity contribution is -0.139. The predicted octanol–water partition coefficient (Wildman–Crippen LogP) is 2.30. The second-order valence-corrected chi connectivity index (χ2v) is 5.03. The van der Waals surface area contributed by atoms with E-state index >= 15 is 0 Å². The molecule has 0 bridgehead atoms. The van der Waals surface area contributed by atoms with Crippen LogP contribution in [0.4, 0.5) is 0 Å². The Bertz CT molecular complexity index is 338. The second kappa shape index (κ2) is 5.39. The summed E-state index contributed by atoms with van der Waals surface area (Å²) < 4.78 is 0.907. The minimum atomic E-state index is -0.857. The van der Waals surface area contributed by atoms with Crippen molar-refractivity contribution in [2.75, 3.05) is 0 Å². The van der Waals surface area contributed by atoms with Crippen LogP contribution in [0.15, 0.2) is 12.4 Å². The molecule has 1 N–H and O–H groups in total. The summed E-state index contributed by atoms with van der Waals surface area (Å²) in [7, 11) is 0. The summed E-state index contributed by atoms with van der Waals surface area (Å²) >= 11 is 2.09. The lowest BCUT2D eigenvalue weighted by Crippen LogP contribution is -2.16. The van der Waals surface area contributed by atoms with E-state index < -0.39 is 11.9 Å². The Morgan fingerprint density at radius 2 is 2.00 bits per heavy atom. The molecule has 82 valence electrons. The standard InChI is InChI=1S/C10H13IN2O2/c1-6(2)3-8(10(14)15)9-12-4-7(11)5-13-9/h4-6,8H,3H2,1-2H3,(H,14,15). The fraction of sp³-hybridized carbons (Fsp3) is 0.500. The molecular weight excluding hydrogens is 307 g/mol. The quantitative estimate of drug-likeness (QED) is 0.865. The Morgan fingerprint density at radius 1 is 1.47 bits per heavy atom. The summed E-state index contributed by atoms with van der Waals surface area (Å²) in [4.78, 5) is 19.1. The van der Waals surface area contributed by atoms with Gasteiger partial charge in [0, 0.05) is 16.0 Å². The number of carbonyl (C=O) groups is 1. The smallest absolute Gasteiger partial charge is 0.314 e. The van der Waals surface area contributed by atoms with Crippen molar-refractivity contribution in [3.05, 3.63) is 21.8 Å². The largest absolute Gasteiger partial charge is 0.481 e. The molecule has 0 spiro atoms. The minimum Gasteiger partial charge on any atom is -0.481 e. The zero-order chi connectivity index (χ0) is 11.4. The third kappa shape index (κ3) is 3.73. The van der Waals surface area contributed by atoms with Crippen LogP contribution < -0.4 is 0 Å². The highest BCUT2D eigenvalue weighted by Crippen LogP contribution is 2.21. The highest BCUT2D eigenvalue weighted by atomic mass is 127. The minimum absolute atomic E-state index is 0.314. The fourth-order valence-corrected chi connectivity index (χ4v) is 1.57. The molecule has 0 amide bonds. The lowest BCUT2D eigenvalue weighted by Gasteiger charge is -2.12. The molecule has 0 aliphatic heterocycles. The number of carboxylic acid groups (broad SMARTS) is 1. The Hall–Kier alpha value is -0.720. The normalized spacial score (nSPS) is 12.8. The van der Waals surface area contributed by atoms with E-state index in [1.165, 1.54) is 0 Å². The van der Waals surface area contributed by atoms with E-state index in [4.69, 9.17) is 5.11 Å². The van der Waals surface area contributed by atoms with Gasteiger partial charge in [0.1, 0.15) is 11.7 Å². The molecule has 1 aromatic heterocycles. The van der Waals surface area contributed by atoms with Crippen molar-refractivity contribution in [3.8, 4) is 0 Å². The van der Waals surface area contributed by atoms with Gasteiger partial charge in [-0.2, -0.15) is 0 Å². The molecule has 0 aliphatic rings. The molecule has 1 atom stereocenters. The Kier molecular flexibility index (Phi) is 4.44. The maximum Gasteiger partial charge on any atom is 0.314 e. The highest BCUT2D eigenvalue weighted by Gasteiger charge is 2.23. The van der Waals surface area contributed by atoms with Crippen LogP contribution in [-0.4, -0.2) is 21.0 Å². The van der Waals surface area contributed by atoms with E-state index in [0.717, 1.165) is 3.57 Å². The van der Waals surface area contributed by atoms with Crippen molar-refractivity contribution in [1.29, 1.82) is 0 Å². The highest BCUT2D eigenvalue weighted by molar-refractivity contribution is 14.1. The van der Waals surface area contributed by atoms with Crippen LogP contribution >= 0.6 is 22.6 Å². The zero-order valence-electron chi connectivity index (χ0n) is 8.64. The Labute approximate surface area is 102 Å². The summed E-state index contributed by atoms with van der Waals surface area (Å²) in [6, 6.07) is 0. The molecule has 1 aromatic rings. The van der Waals surface area contributed by atoms with Gasteiger partial charge in [0.2, 0.25) is 0 Å². The van der Waals surface area contributed by atoms with Gasteiger partial charge in [-0.1, -0.05) is 13.8 Å². The maximum absolute atomic E-state index is 11.0. The van der Waals surface area contributed by atoms with Crippen LogP contribution in [0.5, 0.6) is 0 Å². The molecule has 0 saturated carbocycles. The maximum atomic E-state index is 11.0. The van der Waals surface area contributed by atoms with Crippen molar-refractivity contribution < 1.29 is 9.90 Å². The van der Waals surface area contributed by atoms with E-state index in [2.05, 4.69) is 32.6 Å². The summed E-state index contributed by atoms with van der Waals surface area (Å²) in [5.41, 5.74) is 0. The third-order valence-electron chi connectivity index (χ3n) is 1.96. The molecule has 0 saturated heterocycles. The van der Waals surface area contributed by atoms with E-state index in [1.807, 2.05) is 13.8 Å². The summed E-state index contributed by atoms with van der Waals surface area (Å²) in [5, 5.41) is 9.06. The first kappa shape index (κ1) is 12.4. The Morgan fingerprint density at radius 3 is 2.40 bits per heavy atom. The van der Waals surface area contributed by atoms with Crippen LogP contribution in [0.3, 0.4) is 0 Å². The van der Waals surface area contributed by atoms with E-state index in [0.29, 0.717) is 18.2 Å². The molecule has 4 nitrogen and oxygen atoms in total. The van der Waals surface area contributed by atoms with Crippen LogP contribution in [0, 0.1) is 9.49 Å². The number of hydrogen-bond donors (Lipinski definition) is 1. The molecular formula is C10H13IN2O2. The molecule has 0 radical (unpaired) electrons. The number of aliphatic carboxylic acids is 1. The molecule has 1 heterocycles. The second-order valence-electron chi connectivity index (χ2n) is 3.78. The van der Waals surface area contributed by atoms with Crippen molar-refractivity contribution >= 4 is 28.6 Å². The third-order valence-corrected chi connectivity index (χ3v) is 2.51. The number of nitrogens with zero attached hydrogens (tertiary/aromatic N) is 2. The summed E-state index contributed by atoms with van der Waals surface area (Å²) in [6.07, 6.45) is 3.84. The first-order chi connectivity index (χ1) is 7.00. The van der Waals surface area contributed by atoms with Gasteiger partial charge < -0.3 is 5.11 Å². The average Bonchev–Trinajstić information content (AvgIpc) is 2.15. The van der Waals surface area contributed by atoms with Gasteiger partial charge in [-0.25, -0.2) is 9.97 Å². The van der Waals surface area contributed by atoms with E-state index in [-0.39, 0.29) is 0 Å². The van der Waals surface area contributed by atoms with Crippen LogP contribution in [0.1, 0.15) is 32.0 Å². The molecule has 0 aliphatic carbocycles. The van der Waals surface area contributed by atoms with Crippen LogP contribution in [0.25, 0.3) is 0 Å². The fourth-order valence-electron chi connectivity index (χ4n) is 1.29. The van der Waals surface area contributed by atoms with Gasteiger partial charge in [-0.05, 0) is 34.9 Å².